The second kappa shape index (κ2) is 4.78. The molecule has 1 aromatic heterocycles. The van der Waals surface area contributed by atoms with Gasteiger partial charge in [0.25, 0.3) is 0 Å². The number of fused-ring (bicyclic) bond motifs is 1. The van der Waals surface area contributed by atoms with Gasteiger partial charge in [-0.2, -0.15) is 0 Å². The van der Waals surface area contributed by atoms with E-state index in [9.17, 15) is 5.11 Å². The Balaban J connectivity index is 1.68. The van der Waals surface area contributed by atoms with Crippen molar-refractivity contribution in [2.24, 2.45) is 0 Å². The van der Waals surface area contributed by atoms with Crippen LogP contribution in [0.25, 0.3) is 0 Å². The summed E-state index contributed by atoms with van der Waals surface area (Å²) in [7, 11) is 0. The van der Waals surface area contributed by atoms with Crippen LogP contribution >= 0.6 is 0 Å². The minimum Gasteiger partial charge on any atom is -0.395 e. The molecule has 0 radical (unpaired) electrons. The third-order valence-corrected chi connectivity index (χ3v) is 3.80. The predicted molar refractivity (Wildman–Crippen MR) is 65.9 cm³/mol. The summed E-state index contributed by atoms with van der Waals surface area (Å²) in [4.78, 5) is 4.49. The summed E-state index contributed by atoms with van der Waals surface area (Å²) in [5.74, 6) is 0. The van der Waals surface area contributed by atoms with E-state index in [-0.39, 0.29) is 12.6 Å². The maximum Gasteiger partial charge on any atom is 0.0952 e. The number of nitrogens with one attached hydrogen (secondary N) is 1. The predicted octanol–water partition coefficient (Wildman–Crippen LogP) is 0.875. The molecule has 1 aromatic rings. The summed E-state index contributed by atoms with van der Waals surface area (Å²) >= 11 is 0. The van der Waals surface area contributed by atoms with Crippen LogP contribution in [0.1, 0.15) is 37.1 Å². The lowest BCUT2D eigenvalue weighted by Gasteiger charge is -2.19. The molecule has 0 bridgehead atoms. The zero-order valence-electron chi connectivity index (χ0n) is 10.2. The molecule has 2 aliphatic rings. The molecule has 1 atom stereocenters. The third-order valence-electron chi connectivity index (χ3n) is 3.80. The van der Waals surface area contributed by atoms with Crippen LogP contribution in [0, 0.1) is 0 Å². The van der Waals surface area contributed by atoms with Crippen LogP contribution in [0.5, 0.6) is 0 Å². The van der Waals surface area contributed by atoms with E-state index in [2.05, 4.69) is 14.9 Å². The maximum atomic E-state index is 9.41. The Kier molecular flexibility index (Phi) is 3.16. The molecule has 94 valence electrons. The number of aromatic nitrogens is 2. The van der Waals surface area contributed by atoms with Crippen LogP contribution in [-0.4, -0.2) is 33.3 Å². The molecule has 1 fully saturated rings. The molecular weight excluding hydrogens is 214 g/mol. The highest BCUT2D eigenvalue weighted by molar-refractivity contribution is 5.16. The van der Waals surface area contributed by atoms with E-state index >= 15 is 0 Å². The van der Waals surface area contributed by atoms with Gasteiger partial charge in [0.05, 0.1) is 18.6 Å². The molecule has 3 rings (SSSR count). The van der Waals surface area contributed by atoms with Crippen LogP contribution < -0.4 is 5.32 Å². The van der Waals surface area contributed by atoms with Crippen molar-refractivity contribution in [3.63, 3.8) is 0 Å². The van der Waals surface area contributed by atoms with E-state index in [4.69, 9.17) is 0 Å². The molecule has 1 heterocycles. The molecule has 0 saturated heterocycles. The SMILES string of the molecule is OCC(Cn1cnc2c1CCCC2)NC1CC1. The molecule has 2 aliphatic carbocycles. The number of hydrogen-bond acceptors (Lipinski definition) is 3. The summed E-state index contributed by atoms with van der Waals surface area (Å²) in [5.41, 5.74) is 2.67. The van der Waals surface area contributed by atoms with Gasteiger partial charge in [-0.1, -0.05) is 0 Å². The average molecular weight is 235 g/mol. The van der Waals surface area contributed by atoms with E-state index < -0.39 is 0 Å². The summed E-state index contributed by atoms with van der Waals surface area (Å²) < 4.78 is 2.24. The second-order valence-electron chi connectivity index (χ2n) is 5.32. The molecule has 2 N–H and O–H groups in total. The van der Waals surface area contributed by atoms with E-state index in [1.807, 2.05) is 6.33 Å². The summed E-state index contributed by atoms with van der Waals surface area (Å²) in [6.45, 7) is 1.07. The minimum absolute atomic E-state index is 0.183. The molecule has 1 saturated carbocycles. The summed E-state index contributed by atoms with van der Waals surface area (Å²) in [6.07, 6.45) is 9.30. The van der Waals surface area contributed by atoms with Crippen LogP contribution in [0.4, 0.5) is 0 Å². The van der Waals surface area contributed by atoms with Crippen molar-refractivity contribution in [1.82, 2.24) is 14.9 Å². The lowest BCUT2D eigenvalue weighted by Crippen LogP contribution is -2.38. The first-order chi connectivity index (χ1) is 8.36. The van der Waals surface area contributed by atoms with Crippen molar-refractivity contribution >= 4 is 0 Å². The van der Waals surface area contributed by atoms with Gasteiger partial charge in [0, 0.05) is 24.3 Å². The van der Waals surface area contributed by atoms with Crippen molar-refractivity contribution in [2.75, 3.05) is 6.61 Å². The van der Waals surface area contributed by atoms with E-state index in [1.54, 1.807) is 0 Å². The molecule has 4 nitrogen and oxygen atoms in total. The number of hydrogen-bond donors (Lipinski definition) is 2. The second-order valence-corrected chi connectivity index (χ2v) is 5.32. The van der Waals surface area contributed by atoms with E-state index in [0.717, 1.165) is 19.4 Å². The Bertz CT molecular complexity index is 384. The number of rotatable bonds is 5. The first-order valence-electron chi connectivity index (χ1n) is 6.76. The summed E-state index contributed by atoms with van der Waals surface area (Å²) in [5, 5.41) is 12.9. The van der Waals surface area contributed by atoms with E-state index in [0.29, 0.717) is 6.04 Å². The largest absolute Gasteiger partial charge is 0.395 e. The van der Waals surface area contributed by atoms with Gasteiger partial charge >= 0.3 is 0 Å². The smallest absolute Gasteiger partial charge is 0.0952 e. The Labute approximate surface area is 102 Å². The van der Waals surface area contributed by atoms with Gasteiger partial charge < -0.3 is 15.0 Å². The molecule has 4 heteroatoms. The third kappa shape index (κ3) is 2.53. The van der Waals surface area contributed by atoms with Crippen LogP contribution in [-0.2, 0) is 19.4 Å². The van der Waals surface area contributed by atoms with Gasteiger partial charge in [0.15, 0.2) is 0 Å². The molecule has 0 aliphatic heterocycles. The standard InChI is InChI=1S/C13H21N3O/c17-8-11(15-10-5-6-10)7-16-9-14-12-3-1-2-4-13(12)16/h9-11,15,17H,1-8H2. The Morgan fingerprint density at radius 2 is 2.24 bits per heavy atom. The quantitative estimate of drug-likeness (QED) is 0.796. The number of aliphatic hydroxyl groups is 1. The zero-order chi connectivity index (χ0) is 11.7. The molecule has 0 amide bonds. The maximum absolute atomic E-state index is 9.41. The average Bonchev–Trinajstić information content (AvgIpc) is 3.09. The van der Waals surface area contributed by atoms with Crippen molar-refractivity contribution in [3.05, 3.63) is 17.7 Å². The van der Waals surface area contributed by atoms with Crippen molar-refractivity contribution < 1.29 is 5.11 Å². The molecule has 0 spiro atoms. The highest BCUT2D eigenvalue weighted by atomic mass is 16.3. The topological polar surface area (TPSA) is 50.1 Å². The molecule has 17 heavy (non-hydrogen) atoms. The first kappa shape index (κ1) is 11.2. The number of aryl methyl sites for hydroxylation is 1. The van der Waals surface area contributed by atoms with Gasteiger partial charge in [-0.25, -0.2) is 4.98 Å². The fraction of sp³-hybridized carbons (Fsp3) is 0.769. The lowest BCUT2D eigenvalue weighted by molar-refractivity contribution is 0.226. The molecular formula is C13H21N3O. The number of imidazole rings is 1. The highest BCUT2D eigenvalue weighted by Crippen LogP contribution is 2.22. The first-order valence-corrected chi connectivity index (χ1v) is 6.76. The zero-order valence-corrected chi connectivity index (χ0v) is 10.2. The van der Waals surface area contributed by atoms with Gasteiger partial charge in [-0.15, -0.1) is 0 Å². The number of nitrogens with zero attached hydrogens (tertiary/aromatic N) is 2. The van der Waals surface area contributed by atoms with Crippen LogP contribution in [0.2, 0.25) is 0 Å². The molecule has 1 unspecified atom stereocenters. The normalized spacial score (nSPS) is 21.2. The fourth-order valence-corrected chi connectivity index (χ4v) is 2.67. The van der Waals surface area contributed by atoms with Crippen molar-refractivity contribution in [3.8, 4) is 0 Å². The molecule has 0 aromatic carbocycles. The van der Waals surface area contributed by atoms with Crippen molar-refractivity contribution in [1.29, 1.82) is 0 Å². The van der Waals surface area contributed by atoms with Gasteiger partial charge in [0.2, 0.25) is 0 Å². The van der Waals surface area contributed by atoms with Gasteiger partial charge in [-0.05, 0) is 38.5 Å². The van der Waals surface area contributed by atoms with E-state index in [1.165, 1.54) is 37.1 Å². The number of aliphatic hydroxyl groups excluding tert-OH is 1. The fourth-order valence-electron chi connectivity index (χ4n) is 2.67. The highest BCUT2D eigenvalue weighted by Gasteiger charge is 2.25. The van der Waals surface area contributed by atoms with Crippen molar-refractivity contribution in [2.45, 2.75) is 57.2 Å². The Morgan fingerprint density at radius 1 is 1.41 bits per heavy atom. The Morgan fingerprint density at radius 3 is 3.00 bits per heavy atom. The Hall–Kier alpha value is -0.870. The lowest BCUT2D eigenvalue weighted by atomic mass is 10.0. The monoisotopic (exact) mass is 235 g/mol. The van der Waals surface area contributed by atoms with Gasteiger partial charge in [0.1, 0.15) is 0 Å². The van der Waals surface area contributed by atoms with Crippen LogP contribution in [0.15, 0.2) is 6.33 Å². The van der Waals surface area contributed by atoms with Gasteiger partial charge in [-0.3, -0.25) is 0 Å². The minimum atomic E-state index is 0.183. The van der Waals surface area contributed by atoms with Crippen LogP contribution in [0.3, 0.4) is 0 Å². The summed E-state index contributed by atoms with van der Waals surface area (Å²) in [6, 6.07) is 0.828.